The van der Waals surface area contributed by atoms with Gasteiger partial charge in [-0.05, 0) is 32.1 Å². The lowest BCUT2D eigenvalue weighted by Crippen LogP contribution is -2.37. The third-order valence-corrected chi connectivity index (χ3v) is 5.27. The highest BCUT2D eigenvalue weighted by Gasteiger charge is 2.29. The Morgan fingerprint density at radius 2 is 2.26 bits per heavy atom. The van der Waals surface area contributed by atoms with E-state index >= 15 is 0 Å². The standard InChI is InChI=1S/C15H27NO2S/c1-5-18-14(17)13(16)10-19-15(4)8-6-12(7-9-15)11(2)3/h6,11,13H,5,7-10,16H2,1-4H3/t13-,15?/m0/s1. The molecule has 0 saturated carbocycles. The number of hydrogen-bond acceptors (Lipinski definition) is 4. The second-order valence-electron chi connectivity index (χ2n) is 5.76. The lowest BCUT2D eigenvalue weighted by molar-refractivity contribution is -0.144. The molecule has 110 valence electrons. The maximum atomic E-state index is 11.5. The predicted molar refractivity (Wildman–Crippen MR) is 82.2 cm³/mol. The van der Waals surface area contributed by atoms with Gasteiger partial charge in [0.2, 0.25) is 0 Å². The number of thioether (sulfide) groups is 1. The van der Waals surface area contributed by atoms with E-state index in [1.54, 1.807) is 24.3 Å². The van der Waals surface area contributed by atoms with Gasteiger partial charge in [0, 0.05) is 10.5 Å². The molecule has 0 fully saturated rings. The molecular weight excluding hydrogens is 258 g/mol. The third kappa shape index (κ3) is 5.19. The smallest absolute Gasteiger partial charge is 0.323 e. The molecule has 0 aromatic rings. The maximum Gasteiger partial charge on any atom is 0.323 e. The molecule has 0 saturated heterocycles. The average molecular weight is 285 g/mol. The van der Waals surface area contributed by atoms with Gasteiger partial charge in [-0.2, -0.15) is 11.8 Å². The van der Waals surface area contributed by atoms with Gasteiger partial charge >= 0.3 is 5.97 Å². The quantitative estimate of drug-likeness (QED) is 0.602. The van der Waals surface area contributed by atoms with Crippen molar-refractivity contribution < 1.29 is 9.53 Å². The second kappa shape index (κ2) is 7.34. The Labute approximate surface area is 121 Å². The van der Waals surface area contributed by atoms with Crippen LogP contribution in [-0.4, -0.2) is 29.1 Å². The number of carbonyl (C=O) groups is 1. The normalized spacial score (nSPS) is 25.1. The Morgan fingerprint density at radius 1 is 1.58 bits per heavy atom. The van der Waals surface area contributed by atoms with E-state index in [-0.39, 0.29) is 10.7 Å². The van der Waals surface area contributed by atoms with Gasteiger partial charge in [-0.1, -0.05) is 32.4 Å². The largest absolute Gasteiger partial charge is 0.465 e. The minimum absolute atomic E-state index is 0.211. The SMILES string of the molecule is CCOC(=O)[C@@H](N)CSC1(C)CC=C(C(C)C)CC1. The summed E-state index contributed by atoms with van der Waals surface area (Å²) < 4.78 is 5.15. The first-order valence-corrected chi connectivity index (χ1v) is 8.11. The summed E-state index contributed by atoms with van der Waals surface area (Å²) >= 11 is 1.81. The van der Waals surface area contributed by atoms with E-state index in [0.717, 1.165) is 19.3 Å². The molecule has 1 rings (SSSR count). The number of nitrogens with two attached hydrogens (primary N) is 1. The number of carbonyl (C=O) groups excluding carboxylic acids is 1. The molecule has 0 amide bonds. The van der Waals surface area contributed by atoms with Crippen molar-refractivity contribution in [3.8, 4) is 0 Å². The van der Waals surface area contributed by atoms with Crippen molar-refractivity contribution >= 4 is 17.7 Å². The van der Waals surface area contributed by atoms with E-state index in [2.05, 4.69) is 26.8 Å². The van der Waals surface area contributed by atoms with Crippen LogP contribution in [0.2, 0.25) is 0 Å². The van der Waals surface area contributed by atoms with Crippen molar-refractivity contribution in [2.24, 2.45) is 11.7 Å². The molecule has 0 aromatic carbocycles. The van der Waals surface area contributed by atoms with Crippen molar-refractivity contribution in [1.29, 1.82) is 0 Å². The molecule has 0 bridgehead atoms. The molecule has 1 aliphatic rings. The number of hydrogen-bond donors (Lipinski definition) is 1. The summed E-state index contributed by atoms with van der Waals surface area (Å²) in [7, 11) is 0. The molecule has 19 heavy (non-hydrogen) atoms. The molecule has 0 aliphatic heterocycles. The highest BCUT2D eigenvalue weighted by molar-refractivity contribution is 8.00. The Balaban J connectivity index is 2.43. The van der Waals surface area contributed by atoms with E-state index < -0.39 is 6.04 Å². The van der Waals surface area contributed by atoms with Crippen LogP contribution in [0, 0.1) is 5.92 Å². The van der Waals surface area contributed by atoms with Gasteiger partial charge in [-0.25, -0.2) is 0 Å². The fourth-order valence-corrected chi connectivity index (χ4v) is 3.39. The first kappa shape index (κ1) is 16.6. The first-order chi connectivity index (χ1) is 8.88. The van der Waals surface area contributed by atoms with Gasteiger partial charge in [0.05, 0.1) is 6.61 Å². The van der Waals surface area contributed by atoms with E-state index in [4.69, 9.17) is 10.5 Å². The monoisotopic (exact) mass is 285 g/mol. The maximum absolute atomic E-state index is 11.5. The van der Waals surface area contributed by atoms with Crippen molar-refractivity contribution in [3.05, 3.63) is 11.6 Å². The summed E-state index contributed by atoms with van der Waals surface area (Å²) in [4.78, 5) is 11.5. The summed E-state index contributed by atoms with van der Waals surface area (Å²) in [6.45, 7) is 8.97. The van der Waals surface area contributed by atoms with Gasteiger partial charge in [0.15, 0.2) is 0 Å². The molecule has 2 N–H and O–H groups in total. The van der Waals surface area contributed by atoms with Crippen LogP contribution in [0.5, 0.6) is 0 Å². The van der Waals surface area contributed by atoms with Crippen LogP contribution >= 0.6 is 11.8 Å². The highest BCUT2D eigenvalue weighted by atomic mass is 32.2. The molecule has 0 aromatic heterocycles. The molecule has 0 spiro atoms. The zero-order chi connectivity index (χ0) is 14.5. The van der Waals surface area contributed by atoms with E-state index in [9.17, 15) is 4.79 Å². The molecule has 3 nitrogen and oxygen atoms in total. The minimum Gasteiger partial charge on any atom is -0.465 e. The molecule has 1 unspecified atom stereocenters. The molecular formula is C15H27NO2S. The van der Waals surface area contributed by atoms with Crippen molar-refractivity contribution in [2.75, 3.05) is 12.4 Å². The van der Waals surface area contributed by atoms with Crippen LogP contribution < -0.4 is 5.73 Å². The topological polar surface area (TPSA) is 52.3 Å². The Morgan fingerprint density at radius 3 is 2.74 bits per heavy atom. The molecule has 4 heteroatoms. The number of rotatable bonds is 6. The van der Waals surface area contributed by atoms with Crippen LogP contribution in [0.1, 0.15) is 47.0 Å². The number of ether oxygens (including phenoxy) is 1. The van der Waals surface area contributed by atoms with Crippen molar-refractivity contribution in [2.45, 2.75) is 57.7 Å². The summed E-state index contributed by atoms with van der Waals surface area (Å²) in [5.74, 6) is 1.00. The molecule has 0 radical (unpaired) electrons. The van der Waals surface area contributed by atoms with Crippen molar-refractivity contribution in [3.63, 3.8) is 0 Å². The van der Waals surface area contributed by atoms with Crippen LogP contribution in [0.3, 0.4) is 0 Å². The minimum atomic E-state index is -0.503. The van der Waals surface area contributed by atoms with Gasteiger partial charge in [0.1, 0.15) is 6.04 Å². The zero-order valence-corrected chi connectivity index (χ0v) is 13.4. The zero-order valence-electron chi connectivity index (χ0n) is 12.6. The summed E-state index contributed by atoms with van der Waals surface area (Å²) in [5.41, 5.74) is 7.41. The Bertz CT molecular complexity index is 341. The number of esters is 1. The first-order valence-electron chi connectivity index (χ1n) is 7.13. The fraction of sp³-hybridized carbons (Fsp3) is 0.800. The van der Waals surface area contributed by atoms with Crippen molar-refractivity contribution in [1.82, 2.24) is 0 Å². The second-order valence-corrected chi connectivity index (χ2v) is 7.36. The van der Waals surface area contributed by atoms with E-state index in [1.807, 2.05) is 0 Å². The molecule has 2 atom stereocenters. The van der Waals surface area contributed by atoms with E-state index in [0.29, 0.717) is 18.3 Å². The van der Waals surface area contributed by atoms with E-state index in [1.165, 1.54) is 0 Å². The van der Waals surface area contributed by atoms with Gasteiger partial charge < -0.3 is 10.5 Å². The molecule has 0 heterocycles. The van der Waals surface area contributed by atoms with Crippen LogP contribution in [0.4, 0.5) is 0 Å². The number of allylic oxidation sites excluding steroid dienone is 2. The lowest BCUT2D eigenvalue weighted by Gasteiger charge is -2.34. The summed E-state index contributed by atoms with van der Waals surface area (Å²) in [6, 6.07) is -0.503. The van der Waals surface area contributed by atoms with Crippen LogP contribution in [0.15, 0.2) is 11.6 Å². The van der Waals surface area contributed by atoms with Gasteiger partial charge in [0.25, 0.3) is 0 Å². The van der Waals surface area contributed by atoms with Crippen LogP contribution in [-0.2, 0) is 9.53 Å². The fourth-order valence-electron chi connectivity index (χ4n) is 2.22. The predicted octanol–water partition coefficient (Wildman–Crippen LogP) is 3.14. The third-order valence-electron chi connectivity index (χ3n) is 3.68. The average Bonchev–Trinajstić information content (AvgIpc) is 2.37. The van der Waals surface area contributed by atoms with Crippen LogP contribution in [0.25, 0.3) is 0 Å². The lowest BCUT2D eigenvalue weighted by atomic mass is 9.85. The Kier molecular flexibility index (Phi) is 6.40. The van der Waals surface area contributed by atoms with Gasteiger partial charge in [-0.15, -0.1) is 0 Å². The summed E-state index contributed by atoms with van der Waals surface area (Å²) in [6.07, 6.45) is 5.77. The Hall–Kier alpha value is -0.480. The highest BCUT2D eigenvalue weighted by Crippen LogP contribution is 2.40. The summed E-state index contributed by atoms with van der Waals surface area (Å²) in [5, 5.41) is 0. The molecule has 1 aliphatic carbocycles. The van der Waals surface area contributed by atoms with Gasteiger partial charge in [-0.3, -0.25) is 4.79 Å².